The number of halogens is 1. The molecule has 0 saturated carbocycles. The average molecular weight is 427 g/mol. The highest BCUT2D eigenvalue weighted by Crippen LogP contribution is 2.25. The molecule has 2 heterocycles. The van der Waals surface area contributed by atoms with E-state index in [1.165, 1.54) is 6.42 Å². The minimum Gasteiger partial charge on any atom is -0.468 e. The first-order chi connectivity index (χ1) is 12.0. The van der Waals surface area contributed by atoms with Gasteiger partial charge in [0.15, 0.2) is 0 Å². The first-order valence-corrected chi connectivity index (χ1v) is 10.8. The van der Waals surface area contributed by atoms with Gasteiger partial charge in [-0.2, -0.15) is 0 Å². The van der Waals surface area contributed by atoms with Crippen LogP contribution in [-0.2, 0) is 10.0 Å². The molecule has 1 fully saturated rings. The van der Waals surface area contributed by atoms with E-state index in [9.17, 15) is 8.42 Å². The van der Waals surface area contributed by atoms with E-state index in [1.54, 1.807) is 24.5 Å². The summed E-state index contributed by atoms with van der Waals surface area (Å²) < 4.78 is 34.6. The Kier molecular flexibility index (Phi) is 5.99. The van der Waals surface area contributed by atoms with Crippen molar-refractivity contribution in [2.24, 2.45) is 0 Å². The van der Waals surface area contributed by atoms with E-state index in [0.29, 0.717) is 6.54 Å². The third-order valence-corrected chi connectivity index (χ3v) is 6.92. The van der Waals surface area contributed by atoms with Gasteiger partial charge in [-0.1, -0.05) is 22.4 Å². The highest BCUT2D eigenvalue weighted by atomic mass is 79.9. The van der Waals surface area contributed by atoms with Crippen LogP contribution in [0.4, 0.5) is 0 Å². The normalized spacial score (nSPS) is 17.5. The number of sulfonamides is 1. The van der Waals surface area contributed by atoms with Gasteiger partial charge in [0.1, 0.15) is 5.76 Å². The summed E-state index contributed by atoms with van der Waals surface area (Å²) in [4.78, 5) is 2.59. The molecule has 0 aliphatic carbocycles. The average Bonchev–Trinajstić information content (AvgIpc) is 3.12. The molecule has 3 rings (SSSR count). The summed E-state index contributed by atoms with van der Waals surface area (Å²) in [5.74, 6) is 0.802. The molecule has 136 valence electrons. The molecule has 1 atom stereocenters. The fourth-order valence-electron chi connectivity index (χ4n) is 3.18. The number of nitrogens with zero attached hydrogens (tertiary/aromatic N) is 1. The summed E-state index contributed by atoms with van der Waals surface area (Å²) in [6.45, 7) is 4.10. The van der Waals surface area contributed by atoms with Crippen LogP contribution < -0.4 is 4.72 Å². The third kappa shape index (κ3) is 4.53. The van der Waals surface area contributed by atoms with Crippen LogP contribution in [0.15, 0.2) is 50.4 Å². The maximum atomic E-state index is 12.7. The van der Waals surface area contributed by atoms with Gasteiger partial charge in [-0.05, 0) is 68.8 Å². The smallest absolute Gasteiger partial charge is 0.240 e. The predicted molar refractivity (Wildman–Crippen MR) is 101 cm³/mol. The van der Waals surface area contributed by atoms with Crippen LogP contribution >= 0.6 is 15.9 Å². The molecule has 2 aromatic rings. The van der Waals surface area contributed by atoms with E-state index in [2.05, 4.69) is 25.6 Å². The van der Waals surface area contributed by atoms with Gasteiger partial charge in [-0.25, -0.2) is 13.1 Å². The number of piperidine rings is 1. The highest BCUT2D eigenvalue weighted by molar-refractivity contribution is 9.10. The monoisotopic (exact) mass is 426 g/mol. The van der Waals surface area contributed by atoms with Crippen molar-refractivity contribution in [3.05, 3.63) is 52.4 Å². The van der Waals surface area contributed by atoms with E-state index < -0.39 is 10.0 Å². The first kappa shape index (κ1) is 18.6. The van der Waals surface area contributed by atoms with Gasteiger partial charge in [-0.3, -0.25) is 4.90 Å². The number of hydrogen-bond acceptors (Lipinski definition) is 4. The minimum absolute atomic E-state index is 0.0818. The zero-order valence-electron chi connectivity index (χ0n) is 14.2. The van der Waals surface area contributed by atoms with Crippen LogP contribution in [0.25, 0.3) is 0 Å². The molecule has 1 aliphatic rings. The lowest BCUT2D eigenvalue weighted by molar-refractivity contribution is 0.147. The lowest BCUT2D eigenvalue weighted by Gasteiger charge is -2.33. The number of hydrogen-bond donors (Lipinski definition) is 1. The van der Waals surface area contributed by atoms with Crippen LogP contribution in [0.1, 0.15) is 36.6 Å². The predicted octanol–water partition coefficient (Wildman–Crippen LogP) is 3.86. The Balaban J connectivity index is 1.76. The number of benzene rings is 1. The van der Waals surface area contributed by atoms with Gasteiger partial charge in [0.05, 0.1) is 17.2 Å². The van der Waals surface area contributed by atoms with Gasteiger partial charge >= 0.3 is 0 Å². The first-order valence-electron chi connectivity index (χ1n) is 8.50. The van der Waals surface area contributed by atoms with E-state index in [-0.39, 0.29) is 10.9 Å². The summed E-state index contributed by atoms with van der Waals surface area (Å²) >= 11 is 3.40. The van der Waals surface area contributed by atoms with Gasteiger partial charge in [0.25, 0.3) is 0 Å². The van der Waals surface area contributed by atoms with E-state index in [4.69, 9.17) is 4.42 Å². The Bertz CT molecular complexity index is 800. The number of likely N-dealkylation sites (tertiary alicyclic amines) is 1. The van der Waals surface area contributed by atoms with E-state index in [1.807, 2.05) is 19.1 Å². The van der Waals surface area contributed by atoms with Crippen molar-refractivity contribution in [1.82, 2.24) is 9.62 Å². The molecular formula is C18H23BrN2O3S. The van der Waals surface area contributed by atoms with Gasteiger partial charge < -0.3 is 4.42 Å². The molecule has 7 heteroatoms. The third-order valence-electron chi connectivity index (χ3n) is 4.61. The molecule has 0 spiro atoms. The molecule has 1 aromatic heterocycles. The Hall–Kier alpha value is -1.15. The molecule has 1 saturated heterocycles. The molecule has 0 bridgehead atoms. The van der Waals surface area contributed by atoms with Crippen molar-refractivity contribution in [2.45, 2.75) is 37.1 Å². The maximum Gasteiger partial charge on any atom is 0.240 e. The topological polar surface area (TPSA) is 62.6 Å². The van der Waals surface area contributed by atoms with E-state index >= 15 is 0 Å². The Labute approximate surface area is 157 Å². The molecule has 1 unspecified atom stereocenters. The zero-order valence-corrected chi connectivity index (χ0v) is 16.6. The summed E-state index contributed by atoms with van der Waals surface area (Å²) in [5.41, 5.74) is 0.890. The lowest BCUT2D eigenvalue weighted by atomic mass is 10.1. The van der Waals surface area contributed by atoms with Crippen LogP contribution in [0.5, 0.6) is 0 Å². The van der Waals surface area contributed by atoms with Crippen LogP contribution in [0.3, 0.4) is 0 Å². The second-order valence-corrected chi connectivity index (χ2v) is 9.01. The van der Waals surface area contributed by atoms with Gasteiger partial charge in [-0.15, -0.1) is 0 Å². The van der Waals surface area contributed by atoms with Crippen molar-refractivity contribution < 1.29 is 12.8 Å². The molecule has 1 aliphatic heterocycles. The summed E-state index contributed by atoms with van der Waals surface area (Å²) in [7, 11) is -3.56. The van der Waals surface area contributed by atoms with Crippen molar-refractivity contribution >= 4 is 26.0 Å². The molecule has 0 radical (unpaired) electrons. The summed E-state index contributed by atoms with van der Waals surface area (Å²) in [6, 6.07) is 8.73. The Morgan fingerprint density at radius 1 is 1.24 bits per heavy atom. The van der Waals surface area contributed by atoms with Gasteiger partial charge in [0, 0.05) is 11.0 Å². The lowest BCUT2D eigenvalue weighted by Crippen LogP contribution is -2.40. The number of rotatable bonds is 6. The van der Waals surface area contributed by atoms with Crippen molar-refractivity contribution in [2.75, 3.05) is 19.6 Å². The minimum atomic E-state index is -3.56. The van der Waals surface area contributed by atoms with E-state index in [0.717, 1.165) is 41.7 Å². The SMILES string of the molecule is Cc1cc(S(=O)(=O)NCC(c2ccco2)N2CCCCC2)ccc1Br. The fraction of sp³-hybridized carbons (Fsp3) is 0.444. The molecule has 5 nitrogen and oxygen atoms in total. The van der Waals surface area contributed by atoms with Crippen LogP contribution in [0.2, 0.25) is 0 Å². The second-order valence-electron chi connectivity index (χ2n) is 6.39. The second kappa shape index (κ2) is 8.03. The number of aryl methyl sites for hydroxylation is 1. The van der Waals surface area contributed by atoms with Crippen LogP contribution in [-0.4, -0.2) is 33.0 Å². The molecule has 1 aromatic carbocycles. The largest absolute Gasteiger partial charge is 0.468 e. The standard InChI is InChI=1S/C18H23BrN2O3S/c1-14-12-15(7-8-16(14)19)25(22,23)20-13-17(18-6-5-11-24-18)21-9-3-2-4-10-21/h5-8,11-12,17,20H,2-4,9-10,13H2,1H3. The molecule has 25 heavy (non-hydrogen) atoms. The zero-order chi connectivity index (χ0) is 17.9. The fourth-order valence-corrected chi connectivity index (χ4v) is 4.55. The van der Waals surface area contributed by atoms with Crippen molar-refractivity contribution in [3.8, 4) is 0 Å². The molecule has 1 N–H and O–H groups in total. The molecule has 0 amide bonds. The quantitative estimate of drug-likeness (QED) is 0.761. The van der Waals surface area contributed by atoms with Crippen molar-refractivity contribution in [1.29, 1.82) is 0 Å². The Morgan fingerprint density at radius 2 is 2.00 bits per heavy atom. The number of furan rings is 1. The summed E-state index contributed by atoms with van der Waals surface area (Å²) in [5, 5.41) is 0. The summed E-state index contributed by atoms with van der Waals surface area (Å²) in [6.07, 6.45) is 5.13. The van der Waals surface area contributed by atoms with Crippen molar-refractivity contribution in [3.63, 3.8) is 0 Å². The molecular weight excluding hydrogens is 404 g/mol. The Morgan fingerprint density at radius 3 is 2.64 bits per heavy atom. The van der Waals surface area contributed by atoms with Gasteiger partial charge in [0.2, 0.25) is 10.0 Å². The maximum absolute atomic E-state index is 12.7. The highest BCUT2D eigenvalue weighted by Gasteiger charge is 2.26. The van der Waals surface area contributed by atoms with Crippen LogP contribution in [0, 0.1) is 6.92 Å². The number of nitrogens with one attached hydrogen (secondary N) is 1.